The molecule has 0 spiro atoms. The highest BCUT2D eigenvalue weighted by atomic mass is 19.4. The molecule has 4 fully saturated rings. The number of halogens is 3. The summed E-state index contributed by atoms with van der Waals surface area (Å²) < 4.78 is 44.7. The highest BCUT2D eigenvalue weighted by Gasteiger charge is 2.61. The van der Waals surface area contributed by atoms with Crippen molar-refractivity contribution in [3.8, 4) is 22.3 Å². The Hall–Kier alpha value is -2.60. The van der Waals surface area contributed by atoms with Crippen LogP contribution in [-0.4, -0.2) is 21.1 Å². The Labute approximate surface area is 190 Å². The third-order valence-electron chi connectivity index (χ3n) is 8.84. The highest BCUT2D eigenvalue weighted by molar-refractivity contribution is 5.92. The lowest BCUT2D eigenvalue weighted by Crippen LogP contribution is -2.52. The number of aliphatic hydroxyl groups is 1. The second kappa shape index (κ2) is 6.29. The fraction of sp³-hybridized carbons (Fsp3) is 0.444. The summed E-state index contributed by atoms with van der Waals surface area (Å²) in [5, 5.41) is 15.8. The van der Waals surface area contributed by atoms with Gasteiger partial charge in [-0.2, -0.15) is 18.3 Å². The Morgan fingerprint density at radius 2 is 1.45 bits per heavy atom. The van der Waals surface area contributed by atoms with Crippen molar-refractivity contribution >= 4 is 0 Å². The van der Waals surface area contributed by atoms with E-state index < -0.39 is 11.8 Å². The summed E-state index contributed by atoms with van der Waals surface area (Å²) in [6.45, 7) is 0. The molecule has 1 aromatic heterocycles. The average Bonchev–Trinajstić information content (AvgIpc) is 3.36. The van der Waals surface area contributed by atoms with Gasteiger partial charge in [-0.05, 0) is 73.0 Å². The second-order valence-electron chi connectivity index (χ2n) is 10.8. The van der Waals surface area contributed by atoms with Crippen LogP contribution in [0.15, 0.2) is 54.9 Å². The minimum atomic E-state index is -4.82. The average molecular weight is 451 g/mol. The van der Waals surface area contributed by atoms with Crippen molar-refractivity contribution in [1.82, 2.24) is 9.78 Å². The molecule has 2 aromatic carbocycles. The molecule has 3 nitrogen and oxygen atoms in total. The molecule has 33 heavy (non-hydrogen) atoms. The van der Waals surface area contributed by atoms with Gasteiger partial charge in [-0.1, -0.05) is 42.5 Å². The van der Waals surface area contributed by atoms with Gasteiger partial charge in [-0.3, -0.25) is 4.68 Å². The maximum Gasteiger partial charge on any atom is 0.425 e. The van der Waals surface area contributed by atoms with E-state index in [9.17, 15) is 18.3 Å². The van der Waals surface area contributed by atoms with Crippen molar-refractivity contribution in [3.05, 3.63) is 66.0 Å². The lowest BCUT2D eigenvalue weighted by molar-refractivity contribution is -0.246. The van der Waals surface area contributed by atoms with Crippen molar-refractivity contribution in [1.29, 1.82) is 0 Å². The predicted molar refractivity (Wildman–Crippen MR) is 118 cm³/mol. The molecule has 1 heterocycles. The third kappa shape index (κ3) is 2.53. The Bertz CT molecular complexity index is 1240. The summed E-state index contributed by atoms with van der Waals surface area (Å²) in [6.07, 6.45) is 6.50. The van der Waals surface area contributed by atoms with E-state index in [1.807, 2.05) is 12.3 Å². The summed E-state index contributed by atoms with van der Waals surface area (Å²) >= 11 is 0. The Kier molecular flexibility index (Phi) is 3.78. The number of alkyl halides is 3. The van der Waals surface area contributed by atoms with Gasteiger partial charge in [0.25, 0.3) is 0 Å². The van der Waals surface area contributed by atoms with Gasteiger partial charge >= 0.3 is 6.18 Å². The van der Waals surface area contributed by atoms with Crippen LogP contribution in [0.3, 0.4) is 0 Å². The van der Waals surface area contributed by atoms with Gasteiger partial charge < -0.3 is 5.11 Å². The first-order chi connectivity index (χ1) is 15.8. The number of nitrogens with zero attached hydrogens (tertiary/aromatic N) is 2. The maximum atomic E-state index is 14.2. The van der Waals surface area contributed by atoms with Crippen LogP contribution >= 0.6 is 0 Å². The highest BCUT2D eigenvalue weighted by Crippen LogP contribution is 2.60. The van der Waals surface area contributed by atoms with Crippen LogP contribution < -0.4 is 0 Å². The molecule has 1 atom stereocenters. The van der Waals surface area contributed by atoms with E-state index in [0.29, 0.717) is 16.7 Å². The predicted octanol–water partition coefficient (Wildman–Crippen LogP) is 6.25. The van der Waals surface area contributed by atoms with E-state index in [0.717, 1.165) is 42.6 Å². The van der Waals surface area contributed by atoms with Crippen LogP contribution in [0.4, 0.5) is 13.2 Å². The standard InChI is InChI=1S/C27H25F3N2O/c28-27(29,30)26(33)22-6-2-1-4-21(22)24-20(5-3-7-23(24)26)19-14-31-32(15-19)25-11-16-8-17(12-25)10-18(9-16)13-25/h1-7,14-18,33H,8-13H2. The fourth-order valence-corrected chi connectivity index (χ4v) is 7.92. The molecule has 5 aliphatic rings. The van der Waals surface area contributed by atoms with Crippen LogP contribution in [0.25, 0.3) is 22.3 Å². The molecule has 4 saturated carbocycles. The molecular weight excluding hydrogens is 425 g/mol. The van der Waals surface area contributed by atoms with Crippen LogP contribution in [0.2, 0.25) is 0 Å². The van der Waals surface area contributed by atoms with Crippen molar-refractivity contribution in [2.24, 2.45) is 17.8 Å². The van der Waals surface area contributed by atoms with Gasteiger partial charge in [0, 0.05) is 22.9 Å². The zero-order valence-electron chi connectivity index (χ0n) is 18.1. The van der Waals surface area contributed by atoms with Crippen LogP contribution in [0.1, 0.15) is 49.7 Å². The third-order valence-corrected chi connectivity index (χ3v) is 8.84. The first-order valence-corrected chi connectivity index (χ1v) is 11.9. The summed E-state index contributed by atoms with van der Waals surface area (Å²) in [4.78, 5) is 0. The van der Waals surface area contributed by atoms with Crippen molar-refractivity contribution < 1.29 is 18.3 Å². The fourth-order valence-electron chi connectivity index (χ4n) is 7.92. The Balaban J connectivity index is 1.37. The van der Waals surface area contributed by atoms with Crippen LogP contribution in [-0.2, 0) is 11.1 Å². The van der Waals surface area contributed by atoms with Crippen LogP contribution in [0, 0.1) is 17.8 Å². The quantitative estimate of drug-likeness (QED) is 0.501. The van der Waals surface area contributed by atoms with E-state index in [1.54, 1.807) is 30.5 Å². The summed E-state index contributed by atoms with van der Waals surface area (Å²) in [7, 11) is 0. The first-order valence-electron chi connectivity index (χ1n) is 11.9. The van der Waals surface area contributed by atoms with Gasteiger partial charge in [-0.25, -0.2) is 0 Å². The van der Waals surface area contributed by atoms with Gasteiger partial charge in [0.05, 0.1) is 11.7 Å². The molecule has 0 aliphatic heterocycles. The molecule has 0 amide bonds. The van der Waals surface area contributed by atoms with Gasteiger partial charge in [-0.15, -0.1) is 0 Å². The molecule has 1 unspecified atom stereocenters. The monoisotopic (exact) mass is 450 g/mol. The zero-order valence-corrected chi connectivity index (χ0v) is 18.1. The number of aromatic nitrogens is 2. The number of fused-ring (bicyclic) bond motifs is 3. The number of hydrogen-bond donors (Lipinski definition) is 1. The van der Waals surface area contributed by atoms with E-state index in [2.05, 4.69) is 4.68 Å². The molecule has 0 radical (unpaired) electrons. The maximum absolute atomic E-state index is 14.2. The van der Waals surface area contributed by atoms with E-state index >= 15 is 0 Å². The summed E-state index contributed by atoms with van der Waals surface area (Å²) in [5.41, 5.74) is -0.770. The smallest absolute Gasteiger partial charge is 0.372 e. The van der Waals surface area contributed by atoms with Crippen molar-refractivity contribution in [2.45, 2.75) is 55.8 Å². The second-order valence-corrected chi connectivity index (χ2v) is 10.8. The SMILES string of the molecule is OC1(C(F)(F)F)c2ccccc2-c2c(-c3cnn(C45CC6CC(CC(C6)C4)C5)c3)cccc21. The molecule has 3 aromatic rings. The van der Waals surface area contributed by atoms with Crippen molar-refractivity contribution in [3.63, 3.8) is 0 Å². The van der Waals surface area contributed by atoms with Crippen molar-refractivity contribution in [2.75, 3.05) is 0 Å². The molecule has 6 heteroatoms. The number of rotatable bonds is 2. The lowest BCUT2D eigenvalue weighted by Gasteiger charge is -2.56. The minimum Gasteiger partial charge on any atom is -0.372 e. The molecule has 8 rings (SSSR count). The van der Waals surface area contributed by atoms with E-state index in [-0.39, 0.29) is 16.7 Å². The van der Waals surface area contributed by atoms with Crippen LogP contribution in [0.5, 0.6) is 0 Å². The van der Waals surface area contributed by atoms with Gasteiger partial charge in [0.1, 0.15) is 0 Å². The molecule has 5 aliphatic carbocycles. The van der Waals surface area contributed by atoms with E-state index in [1.165, 1.54) is 31.4 Å². The molecule has 4 bridgehead atoms. The summed E-state index contributed by atoms with van der Waals surface area (Å²) in [6, 6.07) is 11.2. The minimum absolute atomic E-state index is 0.0512. The van der Waals surface area contributed by atoms with Gasteiger partial charge in [0.15, 0.2) is 0 Å². The van der Waals surface area contributed by atoms with Gasteiger partial charge in [0.2, 0.25) is 5.60 Å². The zero-order chi connectivity index (χ0) is 22.6. The first kappa shape index (κ1) is 19.8. The molecule has 170 valence electrons. The number of benzene rings is 2. The molecule has 0 saturated heterocycles. The summed E-state index contributed by atoms with van der Waals surface area (Å²) in [5.74, 6) is 2.33. The molecular formula is C27H25F3N2O. The topological polar surface area (TPSA) is 38.1 Å². The molecule has 1 N–H and O–H groups in total. The van der Waals surface area contributed by atoms with E-state index in [4.69, 9.17) is 5.10 Å². The number of hydrogen-bond acceptors (Lipinski definition) is 2. The normalized spacial score (nSPS) is 33.9. The Morgan fingerprint density at radius 3 is 2.12 bits per heavy atom. The Morgan fingerprint density at radius 1 is 0.848 bits per heavy atom. The lowest BCUT2D eigenvalue weighted by atomic mass is 9.53. The largest absolute Gasteiger partial charge is 0.425 e.